The first-order valence-corrected chi connectivity index (χ1v) is 21.8. The van der Waals surface area contributed by atoms with E-state index >= 15 is 0 Å². The van der Waals surface area contributed by atoms with E-state index < -0.39 is 12.2 Å². The highest BCUT2D eigenvalue weighted by molar-refractivity contribution is 5.88. The molecule has 0 aliphatic rings. The zero-order chi connectivity index (χ0) is 37.7. The van der Waals surface area contributed by atoms with Gasteiger partial charge in [-0.2, -0.15) is 0 Å². The highest BCUT2D eigenvalue weighted by Gasteiger charge is 2.09. The molecule has 2 amide bonds. The fourth-order valence-corrected chi connectivity index (χ4v) is 6.59. The number of benzene rings is 1. The van der Waals surface area contributed by atoms with Gasteiger partial charge in [-0.15, -0.1) is 0 Å². The number of ether oxygens (including phenoxy) is 2. The van der Waals surface area contributed by atoms with Gasteiger partial charge in [0.2, 0.25) is 0 Å². The summed E-state index contributed by atoms with van der Waals surface area (Å²) in [5.41, 5.74) is 1.11. The van der Waals surface area contributed by atoms with Gasteiger partial charge in [0.05, 0.1) is 0 Å². The van der Waals surface area contributed by atoms with Gasteiger partial charge in [0, 0.05) is 24.5 Å². The van der Waals surface area contributed by atoms with Crippen LogP contribution in [-0.4, -0.2) is 75.5 Å². The van der Waals surface area contributed by atoms with Crippen LogP contribution in [0.4, 0.5) is 21.0 Å². The van der Waals surface area contributed by atoms with Crippen LogP contribution in [-0.2, 0) is 9.47 Å². The number of unbranched alkanes of at least 4 members (excludes halogenated alkanes) is 24. The molecule has 8 heteroatoms. The minimum absolute atomic E-state index is 0.332. The minimum atomic E-state index is -0.499. The van der Waals surface area contributed by atoms with Crippen LogP contribution in [0.3, 0.4) is 0 Å². The number of rotatable bonds is 36. The van der Waals surface area contributed by atoms with Crippen LogP contribution in [0.1, 0.15) is 181 Å². The van der Waals surface area contributed by atoms with Gasteiger partial charge in [0.15, 0.2) is 0 Å². The Labute approximate surface area is 320 Å². The second-order valence-corrected chi connectivity index (χ2v) is 15.2. The third-order valence-corrected chi connectivity index (χ3v) is 10.1. The summed E-state index contributed by atoms with van der Waals surface area (Å²) in [4.78, 5) is 29.2. The summed E-state index contributed by atoms with van der Waals surface area (Å²) in [5.74, 6) is 0. The number of carbonyl (C=O) groups is 2. The number of nitrogens with zero attached hydrogens (tertiary/aromatic N) is 2. The fraction of sp³-hybridized carbons (Fsp3) is 0.818. The van der Waals surface area contributed by atoms with Crippen molar-refractivity contribution in [1.29, 1.82) is 0 Å². The van der Waals surface area contributed by atoms with Crippen LogP contribution in [0.15, 0.2) is 24.3 Å². The van der Waals surface area contributed by atoms with Gasteiger partial charge in [-0.25, -0.2) is 9.59 Å². The van der Waals surface area contributed by atoms with Crippen molar-refractivity contribution >= 4 is 23.6 Å². The van der Waals surface area contributed by atoms with E-state index in [2.05, 4.69) is 48.4 Å². The number of amides is 2. The Morgan fingerprint density at radius 1 is 0.462 bits per heavy atom. The van der Waals surface area contributed by atoms with Crippen LogP contribution in [0, 0.1) is 0 Å². The molecule has 0 aliphatic carbocycles. The SMILES string of the molecule is CCCCCCCCCCCCCCCN(C)CCOC(=O)Nc1cccc(NC(=O)OCCN(C)CCCCCCCCCCCCCCC)c1. The number of likely N-dealkylation sites (N-methyl/N-ethyl adjacent to an activating group) is 2. The second-order valence-electron chi connectivity index (χ2n) is 15.2. The first-order chi connectivity index (χ1) is 25.4. The molecule has 0 saturated carbocycles. The molecule has 0 saturated heterocycles. The summed E-state index contributed by atoms with van der Waals surface area (Å²) in [6, 6.07) is 7.01. The van der Waals surface area contributed by atoms with Crippen LogP contribution in [0.2, 0.25) is 0 Å². The quantitative estimate of drug-likeness (QED) is 0.0669. The summed E-state index contributed by atoms with van der Waals surface area (Å²) in [7, 11) is 4.16. The van der Waals surface area contributed by atoms with E-state index in [1.165, 1.54) is 167 Å². The summed E-state index contributed by atoms with van der Waals surface area (Å²) in [5, 5.41) is 5.51. The van der Waals surface area contributed by atoms with Crippen LogP contribution >= 0.6 is 0 Å². The number of hydrogen-bond donors (Lipinski definition) is 2. The van der Waals surface area contributed by atoms with E-state index in [1.54, 1.807) is 24.3 Å². The maximum Gasteiger partial charge on any atom is 0.411 e. The Kier molecular flexibility index (Phi) is 32.7. The third kappa shape index (κ3) is 31.2. The molecular weight excluding hydrogens is 649 g/mol. The van der Waals surface area contributed by atoms with E-state index in [0.717, 1.165) is 13.1 Å². The molecule has 2 N–H and O–H groups in total. The van der Waals surface area contributed by atoms with Crippen LogP contribution in [0.5, 0.6) is 0 Å². The molecule has 52 heavy (non-hydrogen) atoms. The Morgan fingerprint density at radius 2 is 0.750 bits per heavy atom. The highest BCUT2D eigenvalue weighted by Crippen LogP contribution is 2.17. The van der Waals surface area contributed by atoms with Gasteiger partial charge in [-0.1, -0.05) is 174 Å². The van der Waals surface area contributed by atoms with Crippen molar-refractivity contribution in [2.75, 3.05) is 64.1 Å². The first-order valence-electron chi connectivity index (χ1n) is 21.8. The van der Waals surface area contributed by atoms with Crippen LogP contribution < -0.4 is 10.6 Å². The number of anilines is 2. The van der Waals surface area contributed by atoms with E-state index in [-0.39, 0.29) is 0 Å². The number of hydrogen-bond acceptors (Lipinski definition) is 6. The Hall–Kier alpha value is -2.32. The molecule has 1 rings (SSSR count). The summed E-state index contributed by atoms with van der Waals surface area (Å²) in [6.45, 7) is 8.65. The molecular formula is C44H82N4O4. The van der Waals surface area contributed by atoms with E-state index in [4.69, 9.17) is 9.47 Å². The summed E-state index contributed by atoms with van der Waals surface area (Å²) < 4.78 is 10.8. The predicted molar refractivity (Wildman–Crippen MR) is 223 cm³/mol. The number of nitrogens with one attached hydrogen (secondary N) is 2. The molecule has 0 fully saturated rings. The number of carbonyl (C=O) groups excluding carboxylic acids is 2. The van der Waals surface area contributed by atoms with Gasteiger partial charge >= 0.3 is 12.2 Å². The van der Waals surface area contributed by atoms with Crippen molar-refractivity contribution < 1.29 is 19.1 Å². The molecule has 0 heterocycles. The Bertz CT molecular complexity index is 891. The molecule has 0 bridgehead atoms. The van der Waals surface area contributed by atoms with Gasteiger partial charge in [0.25, 0.3) is 0 Å². The summed E-state index contributed by atoms with van der Waals surface area (Å²) >= 11 is 0. The Balaban J connectivity index is 2.02. The molecule has 8 nitrogen and oxygen atoms in total. The zero-order valence-electron chi connectivity index (χ0n) is 34.5. The van der Waals surface area contributed by atoms with Crippen molar-refractivity contribution in [3.05, 3.63) is 24.3 Å². The topological polar surface area (TPSA) is 83.1 Å². The maximum absolute atomic E-state index is 12.4. The average molecular weight is 731 g/mol. The van der Waals surface area contributed by atoms with Crippen molar-refractivity contribution in [3.8, 4) is 0 Å². The Morgan fingerprint density at radius 3 is 1.06 bits per heavy atom. The zero-order valence-corrected chi connectivity index (χ0v) is 34.5. The molecule has 1 aromatic carbocycles. The van der Waals surface area contributed by atoms with Crippen LogP contribution in [0.25, 0.3) is 0 Å². The van der Waals surface area contributed by atoms with E-state index in [9.17, 15) is 9.59 Å². The van der Waals surface area contributed by atoms with Crippen molar-refractivity contribution in [1.82, 2.24) is 9.80 Å². The summed E-state index contributed by atoms with van der Waals surface area (Å²) in [6.07, 6.45) is 34.3. The molecule has 302 valence electrons. The van der Waals surface area contributed by atoms with E-state index in [1.807, 2.05) is 0 Å². The molecule has 0 spiro atoms. The molecule has 0 aromatic heterocycles. The molecule has 0 aliphatic heterocycles. The lowest BCUT2D eigenvalue weighted by Gasteiger charge is -2.17. The van der Waals surface area contributed by atoms with Crippen molar-refractivity contribution in [2.45, 2.75) is 181 Å². The van der Waals surface area contributed by atoms with Crippen molar-refractivity contribution in [3.63, 3.8) is 0 Å². The van der Waals surface area contributed by atoms with Gasteiger partial charge < -0.3 is 19.3 Å². The largest absolute Gasteiger partial charge is 0.448 e. The maximum atomic E-state index is 12.4. The second kappa shape index (κ2) is 35.7. The average Bonchev–Trinajstić information content (AvgIpc) is 3.12. The smallest absolute Gasteiger partial charge is 0.411 e. The van der Waals surface area contributed by atoms with Gasteiger partial charge in [-0.05, 0) is 58.2 Å². The van der Waals surface area contributed by atoms with Crippen molar-refractivity contribution in [2.24, 2.45) is 0 Å². The lowest BCUT2D eigenvalue weighted by molar-refractivity contribution is 0.145. The third-order valence-electron chi connectivity index (χ3n) is 10.1. The lowest BCUT2D eigenvalue weighted by Crippen LogP contribution is -2.27. The first kappa shape index (κ1) is 47.7. The minimum Gasteiger partial charge on any atom is -0.448 e. The predicted octanol–water partition coefficient (Wildman–Crippen LogP) is 12.8. The normalized spacial score (nSPS) is 11.3. The highest BCUT2D eigenvalue weighted by atomic mass is 16.6. The monoisotopic (exact) mass is 731 g/mol. The molecule has 0 atom stereocenters. The fourth-order valence-electron chi connectivity index (χ4n) is 6.59. The molecule has 0 unspecified atom stereocenters. The van der Waals surface area contributed by atoms with E-state index in [0.29, 0.717) is 37.7 Å². The standard InChI is InChI=1S/C44H82N4O4/c1-5-7-9-11-13-15-17-19-21-23-25-27-29-34-47(3)36-38-51-43(49)45-41-32-31-33-42(40-41)46-44(50)52-39-37-48(4)35-30-28-26-24-22-20-18-16-14-12-10-8-6-2/h31-33,40H,5-30,34-39H2,1-4H3,(H,45,49)(H,46,50). The van der Waals surface area contributed by atoms with Gasteiger partial charge in [0.1, 0.15) is 13.2 Å². The molecule has 0 radical (unpaired) electrons. The lowest BCUT2D eigenvalue weighted by atomic mass is 10.0. The molecule has 1 aromatic rings. The van der Waals surface area contributed by atoms with Gasteiger partial charge in [-0.3, -0.25) is 10.6 Å².